The molecule has 19 heteroatoms. The Labute approximate surface area is 380 Å². The number of ether oxygens (including phenoxy) is 2. The number of hydrogen-bond donors (Lipinski definition) is 2. The number of hydrogen-bond acceptors (Lipinski definition) is 14. The Morgan fingerprint density at radius 2 is 1.37 bits per heavy atom. The standard InChI is InChI=1S/C21H22ClN3O4S.C17H13ClN2O3S.C4H12N2O.CH4/c1-2-25-20(23-11-12-28-25)14-3-5-15(6-4-14)24-13-16(29-21(24)27)7-8-17(26)18-9-10-19(22)30-18;1-19-11-2-4-12(5-3-11)20-10-13(23-17(20)22)6-7-14(21)15-8-9-16(18)24-15;1-2-6-7-4-3-5;/h3-6,9-10,16H,2,7-8,11-13H2,1H3;2-5,8-9,13H,6-7,10H2;6H,2-5H2,1H3;1H4/t16-;13-;;/m00../s1. The van der Waals surface area contributed by atoms with E-state index >= 15 is 0 Å². The molecule has 15 nitrogen and oxygen atoms in total. The molecule has 2 aromatic carbocycles. The van der Waals surface area contributed by atoms with Gasteiger partial charge in [0.25, 0.3) is 0 Å². The fourth-order valence-corrected chi connectivity index (χ4v) is 8.19. The third-order valence-electron chi connectivity index (χ3n) is 9.15. The van der Waals surface area contributed by atoms with Crippen LogP contribution in [0.5, 0.6) is 0 Å². The Bertz CT molecular complexity index is 2160. The number of nitrogens with two attached hydrogens (primary N) is 1. The number of rotatable bonds is 16. The van der Waals surface area contributed by atoms with Crippen molar-refractivity contribution in [1.82, 2.24) is 10.5 Å². The van der Waals surface area contributed by atoms with Crippen LogP contribution in [0.3, 0.4) is 0 Å². The molecule has 3 aliphatic heterocycles. The monoisotopic (exact) mass is 927 g/mol. The van der Waals surface area contributed by atoms with Crippen LogP contribution in [0, 0.1) is 6.57 Å². The first-order chi connectivity index (χ1) is 29.5. The van der Waals surface area contributed by atoms with Crippen LogP contribution < -0.4 is 21.0 Å². The van der Waals surface area contributed by atoms with Crippen molar-refractivity contribution in [2.24, 2.45) is 10.7 Å². The number of amides is 2. The second-order valence-corrected chi connectivity index (χ2v) is 16.8. The number of cyclic esters (lactones) is 2. The average molecular weight is 929 g/mol. The van der Waals surface area contributed by atoms with Crippen molar-refractivity contribution in [3.05, 3.63) is 108 Å². The highest BCUT2D eigenvalue weighted by atomic mass is 35.5. The Morgan fingerprint density at radius 1 is 0.855 bits per heavy atom. The SMILES string of the molecule is C.CCN1OCCN=C1c1ccc(N2C[C@H](CCC(=O)c3ccc(Cl)s3)OC2=O)cc1.CCNOCCN.[C-]#[N+]c1ccc(N2C[C@H](CCC(=O)c3ccc(Cl)s3)OC2=O)cc1. The summed E-state index contributed by atoms with van der Waals surface area (Å²) in [5.41, 5.74) is 10.7. The van der Waals surface area contributed by atoms with Gasteiger partial charge in [-0.25, -0.2) is 25.0 Å². The maximum absolute atomic E-state index is 12.3. The maximum Gasteiger partial charge on any atom is 0.414 e. The molecule has 332 valence electrons. The number of carbonyl (C=O) groups is 4. The predicted molar refractivity (Wildman–Crippen MR) is 245 cm³/mol. The molecule has 0 unspecified atom stereocenters. The predicted octanol–water partition coefficient (Wildman–Crippen LogP) is 9.47. The molecule has 3 aliphatic rings. The van der Waals surface area contributed by atoms with Crippen LogP contribution in [-0.4, -0.2) is 99.3 Å². The first kappa shape index (κ1) is 49.8. The third kappa shape index (κ3) is 14.3. The summed E-state index contributed by atoms with van der Waals surface area (Å²) in [5.74, 6) is 0.814. The average Bonchev–Trinajstić information content (AvgIpc) is 4.10. The van der Waals surface area contributed by atoms with Gasteiger partial charge in [-0.3, -0.25) is 29.2 Å². The fraction of sp³-hybridized carbons (Fsp3) is 0.395. The lowest BCUT2D eigenvalue weighted by atomic mass is 10.1. The Kier molecular flexibility index (Phi) is 20.3. The number of nitrogens with zero attached hydrogens (tertiary/aromatic N) is 5. The number of hydroxylamine groups is 3. The lowest BCUT2D eigenvalue weighted by Gasteiger charge is -2.27. The normalized spacial score (nSPS) is 16.8. The zero-order chi connectivity index (χ0) is 43.7. The maximum atomic E-state index is 12.3. The number of benzene rings is 2. The van der Waals surface area contributed by atoms with Crippen LogP contribution in [0.1, 0.15) is 71.9 Å². The molecule has 2 amide bonds. The van der Waals surface area contributed by atoms with Gasteiger partial charge in [-0.2, -0.15) is 0 Å². The minimum absolute atomic E-state index is 0. The number of halogens is 2. The number of anilines is 2. The van der Waals surface area contributed by atoms with Gasteiger partial charge in [0, 0.05) is 49.4 Å². The van der Waals surface area contributed by atoms with Gasteiger partial charge in [-0.15, -0.1) is 22.7 Å². The molecule has 0 radical (unpaired) electrons. The number of amidine groups is 1. The lowest BCUT2D eigenvalue weighted by molar-refractivity contribution is -0.0995. The number of thiophene rings is 2. The topological polar surface area (TPSA) is 170 Å². The van der Waals surface area contributed by atoms with Crippen molar-refractivity contribution in [2.75, 3.05) is 62.3 Å². The first-order valence-electron chi connectivity index (χ1n) is 19.6. The summed E-state index contributed by atoms with van der Waals surface area (Å²) in [6.45, 7) is 15.7. The minimum Gasteiger partial charge on any atom is -0.444 e. The number of nitrogens with one attached hydrogen (secondary N) is 1. The molecule has 2 atom stereocenters. The number of carbonyl (C=O) groups excluding carboxylic acids is 4. The lowest BCUT2D eigenvalue weighted by Crippen LogP contribution is -2.36. The zero-order valence-corrected chi connectivity index (χ0v) is 36.9. The van der Waals surface area contributed by atoms with Gasteiger partial charge in [0.2, 0.25) is 0 Å². The highest BCUT2D eigenvalue weighted by Crippen LogP contribution is 2.29. The van der Waals surface area contributed by atoms with E-state index in [4.69, 9.17) is 54.7 Å². The van der Waals surface area contributed by atoms with E-state index < -0.39 is 12.2 Å². The smallest absolute Gasteiger partial charge is 0.414 e. The molecule has 7 rings (SSSR count). The van der Waals surface area contributed by atoms with Crippen molar-refractivity contribution < 1.29 is 38.3 Å². The molecule has 0 saturated carbocycles. The molecular formula is C43H51Cl2N7O8S2. The van der Waals surface area contributed by atoms with E-state index in [2.05, 4.69) is 15.3 Å². The molecular weight excluding hydrogens is 878 g/mol. The van der Waals surface area contributed by atoms with Crippen LogP contribution in [0.2, 0.25) is 8.67 Å². The first-order valence-corrected chi connectivity index (χ1v) is 22.0. The second-order valence-electron chi connectivity index (χ2n) is 13.4. The van der Waals surface area contributed by atoms with Crippen LogP contribution in [0.15, 0.2) is 77.8 Å². The van der Waals surface area contributed by atoms with Gasteiger partial charge in [0.05, 0.1) is 57.8 Å². The molecule has 0 spiro atoms. The van der Waals surface area contributed by atoms with Crippen LogP contribution in [-0.2, 0) is 19.1 Å². The van der Waals surface area contributed by atoms with Gasteiger partial charge in [-0.1, -0.05) is 49.7 Å². The number of Topliss-reactive ketones (excluding diaryl/α,β-unsaturated/α-hetero) is 2. The summed E-state index contributed by atoms with van der Waals surface area (Å²) < 4.78 is 12.0. The molecule has 0 aliphatic carbocycles. The molecule has 4 aromatic rings. The summed E-state index contributed by atoms with van der Waals surface area (Å²) in [6.07, 6.45) is 0.106. The highest BCUT2D eigenvalue weighted by Gasteiger charge is 2.34. The van der Waals surface area contributed by atoms with E-state index in [9.17, 15) is 19.2 Å². The van der Waals surface area contributed by atoms with Gasteiger partial charge in [0.15, 0.2) is 23.1 Å². The van der Waals surface area contributed by atoms with Gasteiger partial charge in [0.1, 0.15) is 12.2 Å². The minimum atomic E-state index is -0.429. The van der Waals surface area contributed by atoms with E-state index in [0.717, 1.165) is 23.6 Å². The fourth-order valence-electron chi connectivity index (χ4n) is 6.17. The van der Waals surface area contributed by atoms with Crippen molar-refractivity contribution in [1.29, 1.82) is 0 Å². The van der Waals surface area contributed by atoms with Crippen LogP contribution in [0.25, 0.3) is 4.85 Å². The number of ketones is 2. The summed E-state index contributed by atoms with van der Waals surface area (Å²) in [5, 5.41) is 1.77. The third-order valence-corrected chi connectivity index (χ3v) is 11.7. The molecule has 2 fully saturated rings. The molecule has 3 N–H and O–H groups in total. The van der Waals surface area contributed by atoms with E-state index in [0.29, 0.717) is 101 Å². The van der Waals surface area contributed by atoms with Crippen molar-refractivity contribution in [2.45, 2.75) is 59.2 Å². The van der Waals surface area contributed by atoms with Gasteiger partial charge in [-0.05, 0) is 80.4 Å². The molecule has 5 heterocycles. The van der Waals surface area contributed by atoms with Crippen LogP contribution >= 0.6 is 45.9 Å². The van der Waals surface area contributed by atoms with E-state index in [1.165, 1.54) is 27.6 Å². The zero-order valence-electron chi connectivity index (χ0n) is 33.7. The van der Waals surface area contributed by atoms with Gasteiger partial charge >= 0.3 is 12.2 Å². The Balaban J connectivity index is 0.000000237. The van der Waals surface area contributed by atoms with Crippen molar-refractivity contribution in [3.63, 3.8) is 0 Å². The molecule has 0 bridgehead atoms. The largest absolute Gasteiger partial charge is 0.444 e. The molecule has 2 aromatic heterocycles. The number of aliphatic imine (C=N–C) groups is 1. The Hall–Kier alpha value is -4.90. The van der Waals surface area contributed by atoms with Crippen molar-refractivity contribution in [3.8, 4) is 0 Å². The van der Waals surface area contributed by atoms with E-state index in [1.54, 1.807) is 58.5 Å². The highest BCUT2D eigenvalue weighted by molar-refractivity contribution is 7.18. The van der Waals surface area contributed by atoms with Crippen LogP contribution in [0.4, 0.5) is 26.7 Å². The molecule has 2 saturated heterocycles. The molecule has 62 heavy (non-hydrogen) atoms. The summed E-state index contributed by atoms with van der Waals surface area (Å²) >= 11 is 14.2. The summed E-state index contributed by atoms with van der Waals surface area (Å²) in [7, 11) is 0. The second kappa shape index (κ2) is 25.3. The Morgan fingerprint density at radius 3 is 1.81 bits per heavy atom. The van der Waals surface area contributed by atoms with Crippen molar-refractivity contribution >= 4 is 92.5 Å². The quantitative estimate of drug-likeness (QED) is 0.0475. The summed E-state index contributed by atoms with van der Waals surface area (Å²) in [4.78, 5) is 71.3. The van der Waals surface area contributed by atoms with E-state index in [-0.39, 0.29) is 31.2 Å². The summed E-state index contributed by atoms with van der Waals surface area (Å²) in [6, 6.07) is 21.2. The van der Waals surface area contributed by atoms with Gasteiger partial charge < -0.3 is 20.0 Å². The van der Waals surface area contributed by atoms with E-state index in [1.807, 2.05) is 38.1 Å².